The number of benzene rings is 1. The van der Waals surface area contributed by atoms with Gasteiger partial charge in [-0.2, -0.15) is 0 Å². The van der Waals surface area contributed by atoms with Crippen LogP contribution >= 0.6 is 0 Å². The van der Waals surface area contributed by atoms with Gasteiger partial charge in [-0.3, -0.25) is 4.90 Å². The van der Waals surface area contributed by atoms with Crippen molar-refractivity contribution in [1.82, 2.24) is 10.2 Å². The molecular weight excluding hydrogens is 248 g/mol. The quantitative estimate of drug-likeness (QED) is 0.917. The zero-order valence-corrected chi connectivity index (χ0v) is 12.6. The fraction of sp³-hybridized carbons (Fsp3) is 0.647. The van der Waals surface area contributed by atoms with Crippen LogP contribution in [0.25, 0.3) is 0 Å². The molecule has 3 heteroatoms. The van der Waals surface area contributed by atoms with Crippen molar-refractivity contribution in [1.29, 1.82) is 0 Å². The van der Waals surface area contributed by atoms with Gasteiger partial charge in [-0.15, -0.1) is 0 Å². The minimum absolute atomic E-state index is 0.230. The van der Waals surface area contributed by atoms with Crippen LogP contribution in [0.2, 0.25) is 0 Å². The van der Waals surface area contributed by atoms with Crippen LogP contribution in [0.5, 0.6) is 0 Å². The van der Waals surface area contributed by atoms with Gasteiger partial charge in [0.05, 0.1) is 6.61 Å². The topological polar surface area (TPSA) is 24.5 Å². The van der Waals surface area contributed by atoms with E-state index in [0.717, 1.165) is 26.3 Å². The molecule has 0 bridgehead atoms. The fourth-order valence-electron chi connectivity index (χ4n) is 3.42. The Morgan fingerprint density at radius 2 is 2.15 bits per heavy atom. The molecule has 2 aliphatic heterocycles. The van der Waals surface area contributed by atoms with Gasteiger partial charge in [0.15, 0.2) is 0 Å². The van der Waals surface area contributed by atoms with Crippen molar-refractivity contribution in [3.63, 3.8) is 0 Å². The van der Waals surface area contributed by atoms with E-state index >= 15 is 0 Å². The molecule has 20 heavy (non-hydrogen) atoms. The molecule has 0 aliphatic carbocycles. The number of ether oxygens (including phenoxy) is 1. The molecule has 3 rings (SSSR count). The Kier molecular flexibility index (Phi) is 4.11. The Morgan fingerprint density at radius 1 is 1.35 bits per heavy atom. The van der Waals surface area contributed by atoms with E-state index in [1.54, 1.807) is 0 Å². The van der Waals surface area contributed by atoms with E-state index in [-0.39, 0.29) is 5.54 Å². The fourth-order valence-corrected chi connectivity index (χ4v) is 3.42. The van der Waals surface area contributed by atoms with E-state index in [1.807, 2.05) is 0 Å². The van der Waals surface area contributed by atoms with Crippen LogP contribution in [0, 0.1) is 0 Å². The number of piperazine rings is 1. The molecule has 2 aliphatic rings. The van der Waals surface area contributed by atoms with E-state index in [9.17, 15) is 0 Å². The van der Waals surface area contributed by atoms with Crippen LogP contribution in [0.3, 0.4) is 0 Å². The normalized spacial score (nSPS) is 35.3. The number of nitrogens with zero attached hydrogens (tertiary/aromatic N) is 1. The lowest BCUT2D eigenvalue weighted by Crippen LogP contribution is -2.61. The monoisotopic (exact) mass is 274 g/mol. The maximum atomic E-state index is 5.63. The summed E-state index contributed by atoms with van der Waals surface area (Å²) in [4.78, 5) is 2.68. The second kappa shape index (κ2) is 5.84. The molecule has 1 N–H and O–H groups in total. The van der Waals surface area contributed by atoms with Gasteiger partial charge in [-0.1, -0.05) is 37.3 Å². The SMILES string of the molecule is CCC1(C)CN(C2CCOC2)C(c2ccccc2)CN1. The van der Waals surface area contributed by atoms with Gasteiger partial charge >= 0.3 is 0 Å². The molecule has 3 unspecified atom stereocenters. The first-order valence-electron chi connectivity index (χ1n) is 7.85. The molecular formula is C17H26N2O. The molecule has 2 heterocycles. The Labute approximate surface area is 122 Å². The standard InChI is InChI=1S/C17H26N2O/c1-3-17(2)13-19(15-9-10-20-12-15)16(11-18-17)14-7-5-4-6-8-14/h4-8,15-16,18H,3,9-13H2,1-2H3. The Hall–Kier alpha value is -0.900. The van der Waals surface area contributed by atoms with Crippen LogP contribution in [-0.4, -0.2) is 42.8 Å². The lowest BCUT2D eigenvalue weighted by Gasteiger charge is -2.48. The van der Waals surface area contributed by atoms with E-state index < -0.39 is 0 Å². The molecule has 0 saturated carbocycles. The van der Waals surface area contributed by atoms with Gasteiger partial charge in [0, 0.05) is 37.3 Å². The van der Waals surface area contributed by atoms with Crippen molar-refractivity contribution in [3.05, 3.63) is 35.9 Å². The van der Waals surface area contributed by atoms with Crippen LogP contribution in [-0.2, 0) is 4.74 Å². The third-order valence-corrected chi connectivity index (χ3v) is 4.99. The average molecular weight is 274 g/mol. The van der Waals surface area contributed by atoms with Crippen molar-refractivity contribution < 1.29 is 4.74 Å². The van der Waals surface area contributed by atoms with Crippen LogP contribution in [0.15, 0.2) is 30.3 Å². The second-order valence-corrected chi connectivity index (χ2v) is 6.41. The van der Waals surface area contributed by atoms with Crippen molar-refractivity contribution in [2.45, 2.75) is 44.3 Å². The van der Waals surface area contributed by atoms with Crippen LogP contribution in [0.4, 0.5) is 0 Å². The highest BCUT2D eigenvalue weighted by atomic mass is 16.5. The summed E-state index contributed by atoms with van der Waals surface area (Å²) >= 11 is 0. The van der Waals surface area contributed by atoms with Gasteiger partial charge < -0.3 is 10.1 Å². The van der Waals surface area contributed by atoms with E-state index in [0.29, 0.717) is 12.1 Å². The number of hydrogen-bond donors (Lipinski definition) is 1. The molecule has 0 amide bonds. The van der Waals surface area contributed by atoms with Crippen molar-refractivity contribution in [2.24, 2.45) is 0 Å². The zero-order chi connectivity index (χ0) is 14.0. The van der Waals surface area contributed by atoms with Crippen LogP contribution < -0.4 is 5.32 Å². The maximum Gasteiger partial charge on any atom is 0.0622 e. The molecule has 0 spiro atoms. The second-order valence-electron chi connectivity index (χ2n) is 6.41. The smallest absolute Gasteiger partial charge is 0.0622 e. The molecule has 2 saturated heterocycles. The minimum atomic E-state index is 0.230. The van der Waals surface area contributed by atoms with E-state index in [4.69, 9.17) is 4.74 Å². The first kappa shape index (κ1) is 14.1. The predicted molar refractivity (Wildman–Crippen MR) is 81.8 cm³/mol. The summed E-state index contributed by atoms with van der Waals surface area (Å²) in [6.45, 7) is 8.57. The zero-order valence-electron chi connectivity index (χ0n) is 12.6. The van der Waals surface area contributed by atoms with Crippen molar-refractivity contribution >= 4 is 0 Å². The maximum absolute atomic E-state index is 5.63. The summed E-state index contributed by atoms with van der Waals surface area (Å²) in [7, 11) is 0. The number of nitrogens with one attached hydrogen (secondary N) is 1. The minimum Gasteiger partial charge on any atom is -0.380 e. The summed E-state index contributed by atoms with van der Waals surface area (Å²) in [6.07, 6.45) is 2.34. The van der Waals surface area contributed by atoms with Crippen LogP contribution in [0.1, 0.15) is 38.3 Å². The highest BCUT2D eigenvalue weighted by molar-refractivity contribution is 5.21. The first-order valence-corrected chi connectivity index (χ1v) is 7.85. The van der Waals surface area contributed by atoms with Gasteiger partial charge in [0.2, 0.25) is 0 Å². The molecule has 110 valence electrons. The highest BCUT2D eigenvalue weighted by Crippen LogP contribution is 2.32. The average Bonchev–Trinajstić information content (AvgIpc) is 3.02. The molecule has 0 aromatic heterocycles. The van der Waals surface area contributed by atoms with Crippen molar-refractivity contribution in [2.75, 3.05) is 26.3 Å². The van der Waals surface area contributed by atoms with Gasteiger partial charge in [-0.05, 0) is 25.3 Å². The Balaban J connectivity index is 1.84. The molecule has 2 fully saturated rings. The van der Waals surface area contributed by atoms with Gasteiger partial charge in [0.1, 0.15) is 0 Å². The van der Waals surface area contributed by atoms with Gasteiger partial charge in [-0.25, -0.2) is 0 Å². The Bertz CT molecular complexity index is 430. The van der Waals surface area contributed by atoms with Crippen molar-refractivity contribution in [3.8, 4) is 0 Å². The first-order chi connectivity index (χ1) is 9.72. The summed E-state index contributed by atoms with van der Waals surface area (Å²) in [6, 6.07) is 11.9. The molecule has 0 radical (unpaired) electrons. The third kappa shape index (κ3) is 2.76. The predicted octanol–water partition coefficient (Wildman–Crippen LogP) is 2.59. The van der Waals surface area contributed by atoms with Gasteiger partial charge in [0.25, 0.3) is 0 Å². The number of hydrogen-bond acceptors (Lipinski definition) is 3. The summed E-state index contributed by atoms with van der Waals surface area (Å²) in [5.41, 5.74) is 1.65. The highest BCUT2D eigenvalue weighted by Gasteiger charge is 2.39. The number of rotatable bonds is 3. The lowest BCUT2D eigenvalue weighted by molar-refractivity contribution is 0.0387. The van der Waals surface area contributed by atoms with E-state index in [1.165, 1.54) is 18.4 Å². The van der Waals surface area contributed by atoms with E-state index in [2.05, 4.69) is 54.4 Å². The lowest BCUT2D eigenvalue weighted by atomic mass is 9.89. The molecule has 3 nitrogen and oxygen atoms in total. The summed E-state index contributed by atoms with van der Waals surface area (Å²) in [5, 5.41) is 3.76. The summed E-state index contributed by atoms with van der Waals surface area (Å²) in [5.74, 6) is 0. The third-order valence-electron chi connectivity index (χ3n) is 4.99. The molecule has 1 aromatic carbocycles. The summed E-state index contributed by atoms with van der Waals surface area (Å²) < 4.78 is 5.63. The Morgan fingerprint density at radius 3 is 2.80 bits per heavy atom. The largest absolute Gasteiger partial charge is 0.380 e. The molecule has 1 aromatic rings. The molecule has 3 atom stereocenters.